The number of anilines is 1. The van der Waals surface area contributed by atoms with Gasteiger partial charge in [0.2, 0.25) is 0 Å². The number of ketones is 1. The normalized spacial score (nSPS) is 15.1. The van der Waals surface area contributed by atoms with Crippen molar-refractivity contribution in [3.05, 3.63) is 47.5 Å². The number of hydrogen-bond donors (Lipinski definition) is 0. The molecule has 5 heteroatoms. The first-order valence-corrected chi connectivity index (χ1v) is 8.59. The first kappa shape index (κ1) is 14.8. The molecule has 0 atom stereocenters. The van der Waals surface area contributed by atoms with Crippen LogP contribution in [0.2, 0.25) is 0 Å². The van der Waals surface area contributed by atoms with Crippen LogP contribution in [0.1, 0.15) is 29.8 Å². The van der Waals surface area contributed by atoms with Gasteiger partial charge in [-0.25, -0.2) is 8.42 Å². The summed E-state index contributed by atoms with van der Waals surface area (Å²) in [5.41, 5.74) is 3.65. The van der Waals surface area contributed by atoms with Gasteiger partial charge in [0, 0.05) is 23.2 Å². The highest BCUT2D eigenvalue weighted by Crippen LogP contribution is 2.43. The number of carbonyl (C=O) groups is 1. The summed E-state index contributed by atoms with van der Waals surface area (Å²) >= 11 is 0. The molecule has 0 aromatic heterocycles. The van der Waals surface area contributed by atoms with Crippen LogP contribution in [-0.2, 0) is 10.0 Å². The van der Waals surface area contributed by atoms with Gasteiger partial charge < -0.3 is 0 Å². The van der Waals surface area contributed by atoms with Gasteiger partial charge in [0.1, 0.15) is 0 Å². The Morgan fingerprint density at radius 2 is 1.82 bits per heavy atom. The van der Waals surface area contributed by atoms with Crippen LogP contribution in [0.4, 0.5) is 5.69 Å². The number of nitrogens with zero attached hydrogens (tertiary/aromatic N) is 1. The summed E-state index contributed by atoms with van der Waals surface area (Å²) in [5, 5.41) is 0. The maximum Gasteiger partial charge on any atom is 0.264 e. The Hall–Kier alpha value is -2.14. The topological polar surface area (TPSA) is 54.5 Å². The third-order valence-corrected chi connectivity index (χ3v) is 5.90. The summed E-state index contributed by atoms with van der Waals surface area (Å²) in [4.78, 5) is 11.9. The van der Waals surface area contributed by atoms with Gasteiger partial charge >= 0.3 is 0 Å². The quantitative estimate of drug-likeness (QED) is 0.798. The second-order valence-electron chi connectivity index (χ2n) is 5.46. The van der Waals surface area contributed by atoms with E-state index in [1.807, 2.05) is 19.1 Å². The highest BCUT2D eigenvalue weighted by Gasteiger charge is 2.34. The van der Waals surface area contributed by atoms with Gasteiger partial charge in [0.15, 0.2) is 5.78 Å². The first-order valence-electron chi connectivity index (χ1n) is 7.15. The Balaban J connectivity index is 2.39. The minimum absolute atomic E-state index is 0.0775. The number of carbonyl (C=O) groups excluding carboxylic acids is 1. The van der Waals surface area contributed by atoms with Crippen molar-refractivity contribution < 1.29 is 13.2 Å². The van der Waals surface area contributed by atoms with Crippen LogP contribution < -0.4 is 4.31 Å². The fraction of sp³-hybridized carbons (Fsp3) is 0.235. The molecule has 0 unspecified atom stereocenters. The molecule has 114 valence electrons. The van der Waals surface area contributed by atoms with Crippen molar-refractivity contribution in [2.75, 3.05) is 10.8 Å². The van der Waals surface area contributed by atoms with Gasteiger partial charge in [-0.1, -0.05) is 23.8 Å². The Morgan fingerprint density at radius 3 is 2.45 bits per heavy atom. The first-order chi connectivity index (χ1) is 10.4. The van der Waals surface area contributed by atoms with Gasteiger partial charge in [-0.05, 0) is 39.0 Å². The van der Waals surface area contributed by atoms with Crippen molar-refractivity contribution in [2.45, 2.75) is 25.7 Å². The van der Waals surface area contributed by atoms with Gasteiger partial charge in [-0.3, -0.25) is 9.10 Å². The van der Waals surface area contributed by atoms with Crippen molar-refractivity contribution in [1.82, 2.24) is 0 Å². The van der Waals surface area contributed by atoms with Crippen LogP contribution in [0.5, 0.6) is 0 Å². The van der Waals surface area contributed by atoms with E-state index >= 15 is 0 Å². The average molecular weight is 315 g/mol. The fourth-order valence-corrected chi connectivity index (χ4v) is 4.53. The summed E-state index contributed by atoms with van der Waals surface area (Å²) in [6.07, 6.45) is 0. The van der Waals surface area contributed by atoms with E-state index in [-0.39, 0.29) is 5.78 Å². The Bertz CT molecular complexity index is 885. The van der Waals surface area contributed by atoms with Gasteiger partial charge in [-0.2, -0.15) is 0 Å². The zero-order valence-corrected chi connectivity index (χ0v) is 13.6. The number of aryl methyl sites for hydroxylation is 1. The van der Waals surface area contributed by atoms with Crippen LogP contribution in [0.3, 0.4) is 0 Å². The van der Waals surface area contributed by atoms with E-state index in [0.29, 0.717) is 28.3 Å². The number of Topliss-reactive ketones (excluding diaryl/α,β-unsaturated/α-hetero) is 1. The van der Waals surface area contributed by atoms with E-state index in [9.17, 15) is 13.2 Å². The molecule has 22 heavy (non-hydrogen) atoms. The van der Waals surface area contributed by atoms with E-state index in [1.165, 1.54) is 11.2 Å². The van der Waals surface area contributed by atoms with Gasteiger partial charge in [0.05, 0.1) is 10.6 Å². The number of hydrogen-bond acceptors (Lipinski definition) is 3. The molecule has 0 N–H and O–H groups in total. The molecule has 0 bridgehead atoms. The zero-order chi connectivity index (χ0) is 16.1. The average Bonchev–Trinajstić information content (AvgIpc) is 2.46. The molecular formula is C17H17NO3S. The molecule has 2 aromatic carbocycles. The minimum Gasteiger partial charge on any atom is -0.295 e. The molecular weight excluding hydrogens is 298 g/mol. The summed E-state index contributed by atoms with van der Waals surface area (Å²) in [6, 6.07) is 10.6. The number of rotatable bonds is 2. The molecule has 4 nitrogen and oxygen atoms in total. The van der Waals surface area contributed by atoms with Crippen LogP contribution in [0.25, 0.3) is 11.1 Å². The lowest BCUT2D eigenvalue weighted by Crippen LogP contribution is -2.34. The summed E-state index contributed by atoms with van der Waals surface area (Å²) in [5.74, 6) is -0.0775. The molecule has 2 aromatic rings. The zero-order valence-electron chi connectivity index (χ0n) is 12.8. The maximum atomic E-state index is 12.8. The number of fused-ring (bicyclic) bond motifs is 3. The standard InChI is InChI=1S/C17H17NO3S/c1-4-18-16-10-13(12(3)19)6-7-14(16)15-9-11(2)5-8-17(15)22(18,20)21/h5-10H,4H2,1-3H3. The highest BCUT2D eigenvalue weighted by atomic mass is 32.2. The SMILES string of the molecule is CCN1c2cc(C(C)=O)ccc2-c2cc(C)ccc2S1(=O)=O. The predicted molar refractivity (Wildman–Crippen MR) is 86.8 cm³/mol. The molecule has 0 radical (unpaired) electrons. The highest BCUT2D eigenvalue weighted by molar-refractivity contribution is 7.93. The maximum absolute atomic E-state index is 12.8. The van der Waals surface area contributed by atoms with Gasteiger partial charge in [0.25, 0.3) is 10.0 Å². The summed E-state index contributed by atoms with van der Waals surface area (Å²) in [7, 11) is -3.58. The van der Waals surface area contributed by atoms with Crippen LogP contribution in [0.15, 0.2) is 41.3 Å². The lowest BCUT2D eigenvalue weighted by molar-refractivity contribution is 0.101. The molecule has 1 heterocycles. The molecule has 1 aliphatic heterocycles. The van der Waals surface area contributed by atoms with Crippen LogP contribution in [-0.4, -0.2) is 20.7 Å². The molecule has 0 spiro atoms. The van der Waals surface area contributed by atoms with E-state index in [1.54, 1.807) is 31.2 Å². The lowest BCUT2D eigenvalue weighted by Gasteiger charge is -2.31. The van der Waals surface area contributed by atoms with E-state index < -0.39 is 10.0 Å². The van der Waals surface area contributed by atoms with Crippen molar-refractivity contribution in [1.29, 1.82) is 0 Å². The van der Waals surface area contributed by atoms with Crippen molar-refractivity contribution in [3.8, 4) is 11.1 Å². The molecule has 0 fully saturated rings. The second-order valence-corrected chi connectivity index (χ2v) is 7.29. The van der Waals surface area contributed by atoms with Crippen LogP contribution in [0, 0.1) is 6.92 Å². The predicted octanol–water partition coefficient (Wildman–Crippen LogP) is 3.39. The van der Waals surface area contributed by atoms with Crippen molar-refractivity contribution >= 4 is 21.5 Å². The molecule has 3 rings (SSSR count). The van der Waals surface area contributed by atoms with E-state index in [2.05, 4.69) is 0 Å². The molecule has 0 saturated heterocycles. The molecule has 1 aliphatic rings. The third-order valence-electron chi connectivity index (χ3n) is 3.95. The number of benzene rings is 2. The summed E-state index contributed by atoms with van der Waals surface area (Å²) < 4.78 is 27.0. The van der Waals surface area contributed by atoms with Crippen molar-refractivity contribution in [3.63, 3.8) is 0 Å². The monoisotopic (exact) mass is 315 g/mol. The number of sulfonamides is 1. The molecule has 0 aliphatic carbocycles. The van der Waals surface area contributed by atoms with E-state index in [4.69, 9.17) is 0 Å². The summed E-state index contributed by atoms with van der Waals surface area (Å²) in [6.45, 7) is 5.53. The largest absolute Gasteiger partial charge is 0.295 e. The van der Waals surface area contributed by atoms with Crippen LogP contribution >= 0.6 is 0 Å². The molecule has 0 saturated carbocycles. The molecule has 0 amide bonds. The second kappa shape index (κ2) is 4.95. The third kappa shape index (κ3) is 2.04. The van der Waals surface area contributed by atoms with Crippen molar-refractivity contribution in [2.24, 2.45) is 0 Å². The Labute approximate surface area is 130 Å². The fourth-order valence-electron chi connectivity index (χ4n) is 2.85. The Kier molecular flexibility index (Phi) is 3.33. The Morgan fingerprint density at radius 1 is 1.09 bits per heavy atom. The smallest absolute Gasteiger partial charge is 0.264 e. The lowest BCUT2D eigenvalue weighted by atomic mass is 9.98. The minimum atomic E-state index is -3.58. The van der Waals surface area contributed by atoms with E-state index in [0.717, 1.165) is 11.1 Å². The van der Waals surface area contributed by atoms with Gasteiger partial charge in [-0.15, -0.1) is 0 Å².